The summed E-state index contributed by atoms with van der Waals surface area (Å²) in [6.45, 7) is 0. The van der Waals surface area contributed by atoms with E-state index in [1.54, 1.807) is 6.07 Å². The molecule has 0 saturated heterocycles. The van der Waals surface area contributed by atoms with Crippen LogP contribution in [0.4, 0.5) is 5.69 Å². The number of nitrogens with two attached hydrogens (primary N) is 1. The summed E-state index contributed by atoms with van der Waals surface area (Å²) in [5.41, 5.74) is 4.18. The zero-order valence-electron chi connectivity index (χ0n) is 7.23. The summed E-state index contributed by atoms with van der Waals surface area (Å²) < 4.78 is 0.479. The Bertz CT molecular complexity index is 457. The molecule has 1 aromatic carbocycles. The summed E-state index contributed by atoms with van der Waals surface area (Å²) in [6.07, 6.45) is 0. The highest BCUT2D eigenvalue weighted by atomic mass is 127. The molecule has 0 fully saturated rings. The van der Waals surface area contributed by atoms with Crippen molar-refractivity contribution in [1.29, 1.82) is 5.26 Å². The topological polar surface area (TPSA) is 110 Å². The van der Waals surface area contributed by atoms with Crippen LogP contribution >= 0.6 is 22.6 Å². The Hall–Kier alpha value is -1.69. The first kappa shape index (κ1) is 11.4. The standard InChI is InChI=1S/C8H4IN3O3/c9-4-1-5(8(11)13)6(3-10)7(2-4)12(14)15/h1-2H,(H2,11,13). The Labute approximate surface area is 98.0 Å². The number of rotatable bonds is 2. The fourth-order valence-corrected chi connectivity index (χ4v) is 1.65. The third kappa shape index (κ3) is 2.21. The van der Waals surface area contributed by atoms with Crippen LogP contribution in [0.5, 0.6) is 0 Å². The van der Waals surface area contributed by atoms with Crippen molar-refractivity contribution in [1.82, 2.24) is 0 Å². The van der Waals surface area contributed by atoms with Crippen molar-refractivity contribution >= 4 is 34.2 Å². The van der Waals surface area contributed by atoms with Gasteiger partial charge in [0.1, 0.15) is 11.6 Å². The number of carbonyl (C=O) groups is 1. The zero-order valence-corrected chi connectivity index (χ0v) is 9.39. The van der Waals surface area contributed by atoms with E-state index >= 15 is 0 Å². The van der Waals surface area contributed by atoms with Crippen LogP contribution in [-0.4, -0.2) is 10.8 Å². The van der Waals surface area contributed by atoms with Crippen LogP contribution < -0.4 is 5.73 Å². The molecule has 0 atom stereocenters. The second-order valence-electron chi connectivity index (χ2n) is 2.58. The second kappa shape index (κ2) is 4.22. The van der Waals surface area contributed by atoms with Crippen molar-refractivity contribution in [2.45, 2.75) is 0 Å². The maximum atomic E-state index is 11.0. The lowest BCUT2D eigenvalue weighted by Crippen LogP contribution is -2.14. The summed E-state index contributed by atoms with van der Waals surface area (Å²) in [5, 5.41) is 19.3. The van der Waals surface area contributed by atoms with E-state index in [0.29, 0.717) is 3.57 Å². The summed E-state index contributed by atoms with van der Waals surface area (Å²) in [7, 11) is 0. The highest BCUT2D eigenvalue weighted by molar-refractivity contribution is 14.1. The SMILES string of the molecule is N#Cc1c(C(N)=O)cc(I)cc1[N+](=O)[O-]. The average Bonchev–Trinajstić information content (AvgIpc) is 2.16. The summed E-state index contributed by atoms with van der Waals surface area (Å²) in [5.74, 6) is -0.854. The minimum Gasteiger partial charge on any atom is -0.366 e. The molecule has 0 unspecified atom stereocenters. The molecule has 1 amide bonds. The lowest BCUT2D eigenvalue weighted by Gasteiger charge is -2.01. The molecule has 2 N–H and O–H groups in total. The predicted octanol–water partition coefficient (Wildman–Crippen LogP) is 1.17. The van der Waals surface area contributed by atoms with Crippen LogP contribution in [0.25, 0.3) is 0 Å². The van der Waals surface area contributed by atoms with E-state index in [1.807, 2.05) is 22.6 Å². The van der Waals surface area contributed by atoms with Gasteiger partial charge in [0.05, 0.1) is 10.5 Å². The van der Waals surface area contributed by atoms with E-state index in [1.165, 1.54) is 12.1 Å². The number of carbonyl (C=O) groups excluding carboxylic acids is 1. The molecular weight excluding hydrogens is 313 g/mol. The van der Waals surface area contributed by atoms with Gasteiger partial charge < -0.3 is 5.73 Å². The number of nitro benzene ring substituents is 1. The number of nitriles is 1. The van der Waals surface area contributed by atoms with Gasteiger partial charge in [0, 0.05) is 9.64 Å². The Balaban J connectivity index is 3.62. The lowest BCUT2D eigenvalue weighted by atomic mass is 10.1. The van der Waals surface area contributed by atoms with Crippen molar-refractivity contribution in [3.05, 3.63) is 36.9 Å². The van der Waals surface area contributed by atoms with Gasteiger partial charge in [-0.05, 0) is 28.7 Å². The van der Waals surface area contributed by atoms with E-state index in [2.05, 4.69) is 0 Å². The third-order valence-electron chi connectivity index (χ3n) is 1.66. The van der Waals surface area contributed by atoms with Gasteiger partial charge in [-0.25, -0.2) is 0 Å². The maximum absolute atomic E-state index is 11.0. The molecule has 0 aromatic heterocycles. The van der Waals surface area contributed by atoms with Crippen molar-refractivity contribution in [3.8, 4) is 6.07 Å². The van der Waals surface area contributed by atoms with Gasteiger partial charge in [-0.2, -0.15) is 5.26 Å². The van der Waals surface area contributed by atoms with Gasteiger partial charge >= 0.3 is 0 Å². The predicted molar refractivity (Wildman–Crippen MR) is 59.0 cm³/mol. The van der Waals surface area contributed by atoms with E-state index in [4.69, 9.17) is 11.0 Å². The number of nitro groups is 1. The van der Waals surface area contributed by atoms with Crippen LogP contribution in [0.2, 0.25) is 0 Å². The van der Waals surface area contributed by atoms with E-state index in [-0.39, 0.29) is 11.1 Å². The minimum atomic E-state index is -0.854. The van der Waals surface area contributed by atoms with Crippen molar-refractivity contribution < 1.29 is 9.72 Å². The summed E-state index contributed by atoms with van der Waals surface area (Å²) in [4.78, 5) is 20.8. The number of hydrogen-bond acceptors (Lipinski definition) is 4. The largest absolute Gasteiger partial charge is 0.366 e. The number of hydrogen-bond donors (Lipinski definition) is 1. The van der Waals surface area contributed by atoms with Gasteiger partial charge in [-0.1, -0.05) is 0 Å². The molecule has 7 heteroatoms. The zero-order chi connectivity index (χ0) is 11.6. The molecule has 0 saturated carbocycles. The molecule has 1 rings (SSSR count). The van der Waals surface area contributed by atoms with Crippen molar-refractivity contribution in [2.24, 2.45) is 5.73 Å². The van der Waals surface area contributed by atoms with Crippen LogP contribution in [0.3, 0.4) is 0 Å². The Morgan fingerprint density at radius 3 is 2.60 bits per heavy atom. The quantitative estimate of drug-likeness (QED) is 0.501. The molecule has 0 spiro atoms. The molecule has 15 heavy (non-hydrogen) atoms. The monoisotopic (exact) mass is 317 g/mol. The van der Waals surface area contributed by atoms with Crippen LogP contribution in [0.15, 0.2) is 12.1 Å². The lowest BCUT2D eigenvalue weighted by molar-refractivity contribution is -0.385. The number of nitrogens with zero attached hydrogens (tertiary/aromatic N) is 2. The normalized spacial score (nSPS) is 9.33. The molecule has 0 radical (unpaired) electrons. The number of primary amides is 1. The number of halogens is 1. The molecular formula is C8H4IN3O3. The van der Waals surface area contributed by atoms with Crippen molar-refractivity contribution in [2.75, 3.05) is 0 Å². The summed E-state index contributed by atoms with van der Waals surface area (Å²) in [6, 6.07) is 4.16. The highest BCUT2D eigenvalue weighted by Gasteiger charge is 2.21. The maximum Gasteiger partial charge on any atom is 0.288 e. The van der Waals surface area contributed by atoms with Gasteiger partial charge in [-0.3, -0.25) is 14.9 Å². The Morgan fingerprint density at radius 1 is 1.60 bits per heavy atom. The fourth-order valence-electron chi connectivity index (χ4n) is 1.05. The molecule has 6 nitrogen and oxygen atoms in total. The van der Waals surface area contributed by atoms with Gasteiger partial charge in [0.15, 0.2) is 0 Å². The molecule has 1 aromatic rings. The average molecular weight is 317 g/mol. The van der Waals surface area contributed by atoms with E-state index in [0.717, 1.165) is 0 Å². The molecule has 0 heterocycles. The smallest absolute Gasteiger partial charge is 0.288 e. The van der Waals surface area contributed by atoms with E-state index in [9.17, 15) is 14.9 Å². The molecule has 0 aliphatic heterocycles. The van der Waals surface area contributed by atoms with E-state index < -0.39 is 16.5 Å². The van der Waals surface area contributed by atoms with Gasteiger partial charge in [-0.15, -0.1) is 0 Å². The highest BCUT2D eigenvalue weighted by Crippen LogP contribution is 2.24. The molecule has 0 aliphatic carbocycles. The number of benzene rings is 1. The minimum absolute atomic E-state index is 0.129. The Morgan fingerprint density at radius 2 is 2.20 bits per heavy atom. The second-order valence-corrected chi connectivity index (χ2v) is 3.83. The fraction of sp³-hybridized carbons (Fsp3) is 0. The third-order valence-corrected chi connectivity index (χ3v) is 2.28. The number of amides is 1. The first-order chi connectivity index (χ1) is 6.97. The molecule has 0 bridgehead atoms. The van der Waals surface area contributed by atoms with Crippen LogP contribution in [0.1, 0.15) is 15.9 Å². The van der Waals surface area contributed by atoms with Gasteiger partial charge in [0.25, 0.3) is 5.69 Å². The Kier molecular flexibility index (Phi) is 3.21. The van der Waals surface area contributed by atoms with Gasteiger partial charge in [0.2, 0.25) is 5.91 Å². The van der Waals surface area contributed by atoms with Crippen LogP contribution in [-0.2, 0) is 0 Å². The first-order valence-electron chi connectivity index (χ1n) is 3.65. The van der Waals surface area contributed by atoms with Crippen LogP contribution in [0, 0.1) is 25.0 Å². The van der Waals surface area contributed by atoms with Crippen molar-refractivity contribution in [3.63, 3.8) is 0 Å². The summed E-state index contributed by atoms with van der Waals surface area (Å²) >= 11 is 1.81. The molecule has 76 valence electrons. The first-order valence-corrected chi connectivity index (χ1v) is 4.73. The molecule has 0 aliphatic rings.